The van der Waals surface area contributed by atoms with Gasteiger partial charge in [-0.15, -0.1) is 11.3 Å². The Morgan fingerprint density at radius 1 is 1.07 bits per heavy atom. The number of carbonyl (C=O) groups excluding carboxylic acids is 1. The molecule has 3 aliphatic rings. The second-order valence-corrected chi connectivity index (χ2v) is 9.86. The number of anilines is 1. The number of rotatable bonds is 4. The van der Waals surface area contributed by atoms with Crippen molar-refractivity contribution >= 4 is 33.3 Å². The second kappa shape index (κ2) is 7.97. The smallest absolute Gasteiger partial charge is 0.220 e. The Morgan fingerprint density at radius 3 is 2.68 bits per heavy atom. The van der Waals surface area contributed by atoms with E-state index in [0.29, 0.717) is 12.0 Å². The molecular weight excluding hydrogens is 368 g/mol. The fraction of sp³-hybridized carbons (Fsp3) is 0.682. The normalized spacial score (nSPS) is 21.2. The first kappa shape index (κ1) is 18.3. The number of amides is 1. The van der Waals surface area contributed by atoms with Crippen LogP contribution in [0.1, 0.15) is 68.2 Å². The highest BCUT2D eigenvalue weighted by Gasteiger charge is 2.27. The van der Waals surface area contributed by atoms with Crippen LogP contribution in [0.4, 0.5) is 5.82 Å². The van der Waals surface area contributed by atoms with Crippen molar-refractivity contribution < 1.29 is 4.79 Å². The van der Waals surface area contributed by atoms with Crippen molar-refractivity contribution in [3.05, 3.63) is 16.8 Å². The molecule has 1 saturated heterocycles. The molecule has 3 heterocycles. The van der Waals surface area contributed by atoms with E-state index in [1.54, 1.807) is 6.33 Å². The van der Waals surface area contributed by atoms with Gasteiger partial charge in [-0.3, -0.25) is 4.79 Å². The number of carbonyl (C=O) groups is 1. The maximum atomic E-state index is 12.4. The predicted molar refractivity (Wildman–Crippen MR) is 114 cm³/mol. The van der Waals surface area contributed by atoms with Gasteiger partial charge in [-0.2, -0.15) is 0 Å². The number of piperidine rings is 1. The Kier molecular flexibility index (Phi) is 5.22. The summed E-state index contributed by atoms with van der Waals surface area (Å²) in [4.78, 5) is 26.7. The highest BCUT2D eigenvalue weighted by molar-refractivity contribution is 7.19. The third kappa shape index (κ3) is 3.63. The zero-order valence-corrected chi connectivity index (χ0v) is 17.4. The van der Waals surface area contributed by atoms with Gasteiger partial charge in [0.2, 0.25) is 5.91 Å². The van der Waals surface area contributed by atoms with Gasteiger partial charge in [0.15, 0.2) is 0 Å². The van der Waals surface area contributed by atoms with E-state index in [1.165, 1.54) is 67.2 Å². The van der Waals surface area contributed by atoms with Gasteiger partial charge < -0.3 is 10.2 Å². The van der Waals surface area contributed by atoms with Crippen molar-refractivity contribution in [3.8, 4) is 0 Å². The van der Waals surface area contributed by atoms with E-state index in [-0.39, 0.29) is 5.91 Å². The number of nitrogens with one attached hydrogen (secondary N) is 1. The quantitative estimate of drug-likeness (QED) is 0.837. The van der Waals surface area contributed by atoms with E-state index in [1.807, 2.05) is 11.3 Å². The summed E-state index contributed by atoms with van der Waals surface area (Å²) < 4.78 is 0. The number of hydrogen-bond donors (Lipinski definition) is 1. The molecule has 2 aromatic heterocycles. The van der Waals surface area contributed by atoms with E-state index >= 15 is 0 Å². The molecule has 0 aromatic carbocycles. The summed E-state index contributed by atoms with van der Waals surface area (Å²) in [6.45, 7) is 1.93. The third-order valence-electron chi connectivity index (χ3n) is 6.84. The van der Waals surface area contributed by atoms with E-state index in [4.69, 9.17) is 4.98 Å². The first-order valence-electron chi connectivity index (χ1n) is 11.1. The van der Waals surface area contributed by atoms with Gasteiger partial charge in [0.25, 0.3) is 0 Å². The number of thiophene rings is 1. The summed E-state index contributed by atoms with van der Waals surface area (Å²) >= 11 is 1.87. The molecule has 0 radical (unpaired) electrons. The molecule has 1 amide bonds. The molecule has 1 aliphatic heterocycles. The lowest BCUT2D eigenvalue weighted by Gasteiger charge is -2.33. The molecule has 6 heteroatoms. The molecule has 0 bridgehead atoms. The summed E-state index contributed by atoms with van der Waals surface area (Å²) in [5, 5.41) is 4.61. The number of aromatic nitrogens is 2. The van der Waals surface area contributed by atoms with Crippen LogP contribution in [0.5, 0.6) is 0 Å². The lowest BCUT2D eigenvalue weighted by atomic mass is 9.96. The van der Waals surface area contributed by atoms with Crippen LogP contribution < -0.4 is 10.2 Å². The van der Waals surface area contributed by atoms with Crippen LogP contribution in [0, 0.1) is 5.92 Å². The summed E-state index contributed by atoms with van der Waals surface area (Å²) in [5.74, 6) is 2.01. The van der Waals surface area contributed by atoms with Gasteiger partial charge in [-0.05, 0) is 62.8 Å². The van der Waals surface area contributed by atoms with Crippen molar-refractivity contribution in [1.82, 2.24) is 15.3 Å². The average Bonchev–Trinajstić information content (AvgIpc) is 3.35. The van der Waals surface area contributed by atoms with Gasteiger partial charge in [0.1, 0.15) is 17.0 Å². The van der Waals surface area contributed by atoms with Crippen molar-refractivity contribution in [2.24, 2.45) is 5.92 Å². The van der Waals surface area contributed by atoms with Crippen LogP contribution in [0.15, 0.2) is 6.33 Å². The molecule has 5 nitrogen and oxygen atoms in total. The molecule has 1 N–H and O–H groups in total. The molecule has 150 valence electrons. The molecule has 0 unspecified atom stereocenters. The topological polar surface area (TPSA) is 58.1 Å². The summed E-state index contributed by atoms with van der Waals surface area (Å²) in [6, 6.07) is 0.318. The molecule has 0 atom stereocenters. The first-order chi connectivity index (χ1) is 13.8. The lowest BCUT2D eigenvalue weighted by Crippen LogP contribution is -2.45. The highest BCUT2D eigenvalue weighted by atomic mass is 32.1. The Balaban J connectivity index is 1.24. The number of nitrogens with zero attached hydrogens (tertiary/aromatic N) is 3. The standard InChI is InChI=1S/C22H30N4OS/c27-19(13-15-5-1-2-6-15)25-16-9-11-26(12-10-16)21-20-17-7-3-4-8-18(17)28-22(20)24-14-23-21/h14-16H,1-13H2,(H,25,27). The largest absolute Gasteiger partial charge is 0.356 e. The fourth-order valence-electron chi connectivity index (χ4n) is 5.31. The minimum atomic E-state index is 0.265. The molecule has 1 saturated carbocycles. The van der Waals surface area contributed by atoms with Crippen molar-refractivity contribution in [2.75, 3.05) is 18.0 Å². The van der Waals surface area contributed by atoms with Crippen LogP contribution in [0.3, 0.4) is 0 Å². The molecule has 2 aromatic rings. The molecule has 2 aliphatic carbocycles. The van der Waals surface area contributed by atoms with Gasteiger partial charge in [0, 0.05) is 30.4 Å². The predicted octanol–water partition coefficient (Wildman–Crippen LogP) is 4.24. The minimum absolute atomic E-state index is 0.265. The Morgan fingerprint density at radius 2 is 1.86 bits per heavy atom. The molecule has 2 fully saturated rings. The van der Waals surface area contributed by atoms with E-state index in [2.05, 4.69) is 15.2 Å². The zero-order valence-electron chi connectivity index (χ0n) is 16.6. The summed E-state index contributed by atoms with van der Waals surface area (Å²) in [5.41, 5.74) is 1.51. The maximum Gasteiger partial charge on any atom is 0.220 e. The number of aryl methyl sites for hydroxylation is 2. The van der Waals surface area contributed by atoms with Crippen LogP contribution >= 0.6 is 11.3 Å². The number of hydrogen-bond acceptors (Lipinski definition) is 5. The lowest BCUT2D eigenvalue weighted by molar-refractivity contribution is -0.122. The van der Waals surface area contributed by atoms with Crippen LogP contribution in [0.2, 0.25) is 0 Å². The summed E-state index contributed by atoms with van der Waals surface area (Å²) in [6.07, 6.45) is 14.5. The third-order valence-corrected chi connectivity index (χ3v) is 8.04. The first-order valence-corrected chi connectivity index (χ1v) is 11.9. The Hall–Kier alpha value is -1.69. The second-order valence-electron chi connectivity index (χ2n) is 8.77. The minimum Gasteiger partial charge on any atom is -0.356 e. The zero-order chi connectivity index (χ0) is 18.9. The van der Waals surface area contributed by atoms with E-state index in [0.717, 1.165) is 43.0 Å². The van der Waals surface area contributed by atoms with Gasteiger partial charge in [-0.1, -0.05) is 12.8 Å². The van der Waals surface area contributed by atoms with Gasteiger partial charge >= 0.3 is 0 Å². The summed E-state index contributed by atoms with van der Waals surface area (Å²) in [7, 11) is 0. The molecule has 5 rings (SSSR count). The van der Waals surface area contributed by atoms with Crippen molar-refractivity contribution in [1.29, 1.82) is 0 Å². The maximum absolute atomic E-state index is 12.4. The van der Waals surface area contributed by atoms with Gasteiger partial charge in [0.05, 0.1) is 5.39 Å². The molecule has 28 heavy (non-hydrogen) atoms. The van der Waals surface area contributed by atoms with Crippen molar-refractivity contribution in [2.45, 2.75) is 76.7 Å². The van der Waals surface area contributed by atoms with Crippen LogP contribution in [-0.2, 0) is 17.6 Å². The molecular formula is C22H30N4OS. The van der Waals surface area contributed by atoms with Crippen LogP contribution in [-0.4, -0.2) is 35.0 Å². The van der Waals surface area contributed by atoms with Crippen LogP contribution in [0.25, 0.3) is 10.2 Å². The van der Waals surface area contributed by atoms with Crippen molar-refractivity contribution in [3.63, 3.8) is 0 Å². The van der Waals surface area contributed by atoms with Gasteiger partial charge in [-0.25, -0.2) is 9.97 Å². The molecule has 0 spiro atoms. The van der Waals surface area contributed by atoms with E-state index in [9.17, 15) is 4.79 Å². The average molecular weight is 399 g/mol. The van der Waals surface area contributed by atoms with E-state index < -0.39 is 0 Å². The number of fused-ring (bicyclic) bond motifs is 3. The Labute approximate surface area is 170 Å². The Bertz CT molecular complexity index is 850. The monoisotopic (exact) mass is 398 g/mol. The SMILES string of the molecule is O=C(CC1CCCC1)NC1CCN(c2ncnc3sc4c(c23)CCCC4)CC1. The highest BCUT2D eigenvalue weighted by Crippen LogP contribution is 2.39. The fourth-order valence-corrected chi connectivity index (χ4v) is 6.54.